The van der Waals surface area contributed by atoms with Crippen molar-refractivity contribution < 1.29 is 4.39 Å². The van der Waals surface area contributed by atoms with Gasteiger partial charge in [0.2, 0.25) is 5.95 Å². The standard InChI is InChI=1S/C23H23ClFN5/c1-14(18-6-9-27-29-18)17-12-19(28-22(25)20(17)24)30-10-7-23(8-11-30)13-15-4-2-3-5-16(15)21(23)26/h2-6,9,12,21H,1,7-8,10-11,13,26H2,(H,27,29)/t21-/m1/s1. The fourth-order valence-corrected chi connectivity index (χ4v) is 5.13. The highest BCUT2D eigenvalue weighted by Crippen LogP contribution is 2.51. The number of nitrogens with zero attached hydrogens (tertiary/aromatic N) is 3. The Bertz CT molecular complexity index is 1100. The first-order valence-electron chi connectivity index (χ1n) is 10.1. The molecule has 5 rings (SSSR count). The molecule has 3 N–H and O–H groups in total. The van der Waals surface area contributed by atoms with Gasteiger partial charge in [0.1, 0.15) is 10.8 Å². The Kier molecular flexibility index (Phi) is 4.64. The molecule has 5 nitrogen and oxygen atoms in total. The number of anilines is 1. The second-order valence-corrected chi connectivity index (χ2v) is 8.65. The molecule has 0 unspecified atom stereocenters. The van der Waals surface area contributed by atoms with Crippen LogP contribution in [0.2, 0.25) is 5.02 Å². The summed E-state index contributed by atoms with van der Waals surface area (Å²) >= 11 is 6.21. The van der Waals surface area contributed by atoms with Crippen molar-refractivity contribution >= 4 is 23.0 Å². The molecule has 30 heavy (non-hydrogen) atoms. The van der Waals surface area contributed by atoms with Crippen molar-refractivity contribution in [3.63, 3.8) is 0 Å². The van der Waals surface area contributed by atoms with E-state index in [-0.39, 0.29) is 16.5 Å². The lowest BCUT2D eigenvalue weighted by Crippen LogP contribution is -2.44. The topological polar surface area (TPSA) is 70.8 Å². The molecule has 1 aliphatic carbocycles. The molecule has 1 saturated heterocycles. The summed E-state index contributed by atoms with van der Waals surface area (Å²) in [6, 6.07) is 12.1. The third-order valence-corrected chi connectivity index (χ3v) is 7.07. The number of pyridine rings is 1. The quantitative estimate of drug-likeness (QED) is 0.608. The minimum absolute atomic E-state index is 0.0338. The molecule has 0 bridgehead atoms. The number of aromatic nitrogens is 3. The van der Waals surface area contributed by atoms with Crippen LogP contribution in [0.15, 0.2) is 49.2 Å². The molecule has 7 heteroatoms. The maximum atomic E-state index is 14.6. The van der Waals surface area contributed by atoms with E-state index in [9.17, 15) is 4.39 Å². The Morgan fingerprint density at radius 2 is 2.03 bits per heavy atom. The highest BCUT2D eigenvalue weighted by atomic mass is 35.5. The molecular weight excluding hydrogens is 401 g/mol. The average molecular weight is 424 g/mol. The largest absolute Gasteiger partial charge is 0.356 e. The number of fused-ring (bicyclic) bond motifs is 1. The van der Waals surface area contributed by atoms with Crippen molar-refractivity contribution in [2.24, 2.45) is 11.1 Å². The third-order valence-electron chi connectivity index (χ3n) is 6.71. The van der Waals surface area contributed by atoms with Gasteiger partial charge >= 0.3 is 0 Å². The fraction of sp³-hybridized carbons (Fsp3) is 0.304. The monoisotopic (exact) mass is 423 g/mol. The first kappa shape index (κ1) is 19.3. The van der Waals surface area contributed by atoms with E-state index in [1.165, 1.54) is 11.1 Å². The number of hydrogen-bond donors (Lipinski definition) is 2. The summed E-state index contributed by atoms with van der Waals surface area (Å²) in [4.78, 5) is 6.23. The van der Waals surface area contributed by atoms with Crippen LogP contribution in [0.4, 0.5) is 10.2 Å². The van der Waals surface area contributed by atoms with Crippen molar-refractivity contribution in [2.45, 2.75) is 25.3 Å². The van der Waals surface area contributed by atoms with Gasteiger partial charge in [0.05, 0.1) is 5.69 Å². The number of aromatic amines is 1. The maximum Gasteiger partial charge on any atom is 0.234 e. The summed E-state index contributed by atoms with van der Waals surface area (Å²) in [6.07, 6.45) is 4.57. The molecule has 1 spiro atoms. The zero-order valence-electron chi connectivity index (χ0n) is 16.5. The highest BCUT2D eigenvalue weighted by molar-refractivity contribution is 6.32. The number of benzene rings is 1. The van der Waals surface area contributed by atoms with Crippen LogP contribution < -0.4 is 10.6 Å². The normalized spacial score (nSPS) is 19.8. The minimum Gasteiger partial charge on any atom is -0.356 e. The maximum absolute atomic E-state index is 14.6. The van der Waals surface area contributed by atoms with Gasteiger partial charge in [-0.15, -0.1) is 0 Å². The summed E-state index contributed by atoms with van der Waals surface area (Å²) < 4.78 is 14.6. The van der Waals surface area contributed by atoms with Crippen molar-refractivity contribution in [2.75, 3.05) is 18.0 Å². The zero-order valence-corrected chi connectivity index (χ0v) is 17.3. The van der Waals surface area contributed by atoms with Gasteiger partial charge in [-0.05, 0) is 47.9 Å². The molecule has 2 aromatic heterocycles. The fourth-order valence-electron chi connectivity index (χ4n) is 4.92. The SMILES string of the molecule is C=C(c1cc[nH]n1)c1cc(N2CCC3(CC2)Cc2ccccc2[C@H]3N)nc(F)c1Cl. The van der Waals surface area contributed by atoms with Crippen molar-refractivity contribution in [1.82, 2.24) is 15.2 Å². The second-order valence-electron chi connectivity index (χ2n) is 8.27. The van der Waals surface area contributed by atoms with E-state index in [1.807, 2.05) is 6.07 Å². The predicted octanol–water partition coefficient (Wildman–Crippen LogP) is 4.50. The number of nitrogens with two attached hydrogens (primary N) is 1. The molecule has 2 aliphatic rings. The second kappa shape index (κ2) is 7.22. The van der Waals surface area contributed by atoms with Gasteiger partial charge in [-0.3, -0.25) is 5.10 Å². The molecule has 3 heterocycles. The highest BCUT2D eigenvalue weighted by Gasteiger charge is 2.45. The van der Waals surface area contributed by atoms with Crippen LogP contribution in [0.25, 0.3) is 5.57 Å². The lowest BCUT2D eigenvalue weighted by molar-refractivity contribution is 0.187. The van der Waals surface area contributed by atoms with Gasteiger partial charge in [-0.1, -0.05) is 42.4 Å². The molecule has 1 atom stereocenters. The minimum atomic E-state index is -0.689. The van der Waals surface area contributed by atoms with Crippen LogP contribution in [-0.2, 0) is 6.42 Å². The average Bonchev–Trinajstić information content (AvgIpc) is 3.38. The lowest BCUT2D eigenvalue weighted by atomic mass is 9.73. The number of rotatable bonds is 3. The summed E-state index contributed by atoms with van der Waals surface area (Å²) in [5.74, 6) is -0.117. The third kappa shape index (κ3) is 3.02. The lowest BCUT2D eigenvalue weighted by Gasteiger charge is -2.42. The molecule has 0 radical (unpaired) electrons. The molecule has 1 aromatic carbocycles. The molecular formula is C23H23ClFN5. The molecule has 154 valence electrons. The molecule has 0 amide bonds. The van der Waals surface area contributed by atoms with Crippen molar-refractivity contribution in [1.29, 1.82) is 0 Å². The van der Waals surface area contributed by atoms with Gasteiger partial charge in [-0.2, -0.15) is 9.49 Å². The number of H-pyrrole nitrogens is 1. The van der Waals surface area contributed by atoms with Gasteiger partial charge in [-0.25, -0.2) is 4.98 Å². The van der Waals surface area contributed by atoms with Crippen LogP contribution in [0, 0.1) is 11.4 Å². The summed E-state index contributed by atoms with van der Waals surface area (Å²) in [5, 5.41) is 6.84. The number of hydrogen-bond acceptors (Lipinski definition) is 4. The van der Waals surface area contributed by atoms with Crippen LogP contribution in [0.5, 0.6) is 0 Å². The van der Waals surface area contributed by atoms with Gasteiger partial charge < -0.3 is 10.6 Å². The first-order chi connectivity index (χ1) is 14.5. The zero-order chi connectivity index (χ0) is 20.9. The van der Waals surface area contributed by atoms with E-state index in [2.05, 4.69) is 50.9 Å². The Hall–Kier alpha value is -2.70. The molecule has 3 aromatic rings. The smallest absolute Gasteiger partial charge is 0.234 e. The van der Waals surface area contributed by atoms with Gasteiger partial charge in [0.25, 0.3) is 0 Å². The van der Waals surface area contributed by atoms with Crippen LogP contribution >= 0.6 is 11.6 Å². The summed E-state index contributed by atoms with van der Waals surface area (Å²) in [5.41, 5.74) is 11.0. The number of halogens is 2. The Labute approximate surface area is 179 Å². The first-order valence-corrected chi connectivity index (χ1v) is 10.5. The Balaban J connectivity index is 1.39. The van der Waals surface area contributed by atoms with E-state index >= 15 is 0 Å². The molecule has 1 fully saturated rings. The number of piperidine rings is 1. The van der Waals surface area contributed by atoms with E-state index in [0.29, 0.717) is 22.6 Å². The predicted molar refractivity (Wildman–Crippen MR) is 117 cm³/mol. The van der Waals surface area contributed by atoms with Gasteiger partial charge in [0, 0.05) is 36.5 Å². The van der Waals surface area contributed by atoms with Crippen molar-refractivity contribution in [3.8, 4) is 0 Å². The summed E-state index contributed by atoms with van der Waals surface area (Å²) in [7, 11) is 0. The van der Waals surface area contributed by atoms with Crippen LogP contribution in [0.1, 0.15) is 41.3 Å². The van der Waals surface area contributed by atoms with Crippen LogP contribution in [-0.4, -0.2) is 28.3 Å². The van der Waals surface area contributed by atoms with Gasteiger partial charge in [0.15, 0.2) is 0 Å². The Morgan fingerprint density at radius 3 is 2.73 bits per heavy atom. The van der Waals surface area contributed by atoms with E-state index in [4.69, 9.17) is 17.3 Å². The van der Waals surface area contributed by atoms with Crippen molar-refractivity contribution in [3.05, 3.63) is 82.5 Å². The van der Waals surface area contributed by atoms with Crippen LogP contribution in [0.3, 0.4) is 0 Å². The summed E-state index contributed by atoms with van der Waals surface area (Å²) in [6.45, 7) is 5.59. The van der Waals surface area contributed by atoms with E-state index in [1.54, 1.807) is 12.3 Å². The van der Waals surface area contributed by atoms with E-state index < -0.39 is 5.95 Å². The Morgan fingerprint density at radius 1 is 1.27 bits per heavy atom. The number of nitrogens with one attached hydrogen (secondary N) is 1. The van der Waals surface area contributed by atoms with E-state index in [0.717, 1.165) is 32.4 Å². The molecule has 0 saturated carbocycles. The molecule has 1 aliphatic heterocycles.